The van der Waals surface area contributed by atoms with Crippen molar-refractivity contribution in [2.75, 3.05) is 0 Å². The minimum atomic E-state index is -0.294. The van der Waals surface area contributed by atoms with E-state index in [0.717, 1.165) is 39.1 Å². The summed E-state index contributed by atoms with van der Waals surface area (Å²) in [5.41, 5.74) is 7.34. The average Bonchev–Trinajstić information content (AvgIpc) is 3.06. The minimum Gasteiger partial charge on any atom is -0.318 e. The van der Waals surface area contributed by atoms with Gasteiger partial charge in [0.15, 0.2) is 0 Å². The number of amides is 1. The normalized spacial score (nSPS) is 11.7. The van der Waals surface area contributed by atoms with E-state index < -0.39 is 0 Å². The number of carbonyl (C=O) groups excluding carboxylic acids is 1. The Morgan fingerprint density at radius 2 is 1.63 bits per heavy atom. The highest BCUT2D eigenvalue weighted by Gasteiger charge is 2.16. The van der Waals surface area contributed by atoms with Crippen LogP contribution in [0, 0.1) is 19.7 Å². The van der Waals surface area contributed by atoms with Crippen LogP contribution in [0.15, 0.2) is 77.9 Å². The summed E-state index contributed by atoms with van der Waals surface area (Å²) in [4.78, 5) is 12.8. The highest BCUT2D eigenvalue weighted by Crippen LogP contribution is 2.21. The first kappa shape index (κ1) is 19.6. The van der Waals surface area contributed by atoms with Crippen molar-refractivity contribution in [1.82, 2.24) is 9.99 Å². The molecule has 0 saturated carbocycles. The number of carbonyl (C=O) groups is 1. The SMILES string of the molecule is C/C(=N/NC(=O)c1cc(C)n(-c2ccc(F)cc2)c1C)c1ccc2ccccc2c1. The van der Waals surface area contributed by atoms with Crippen LogP contribution in [-0.2, 0) is 0 Å². The van der Waals surface area contributed by atoms with E-state index in [-0.39, 0.29) is 11.7 Å². The molecule has 0 saturated heterocycles. The Bertz CT molecular complexity index is 1270. The molecular weight excluding hydrogens is 377 g/mol. The van der Waals surface area contributed by atoms with Gasteiger partial charge in [0, 0.05) is 17.1 Å². The summed E-state index contributed by atoms with van der Waals surface area (Å²) in [7, 11) is 0. The van der Waals surface area contributed by atoms with E-state index in [1.165, 1.54) is 12.1 Å². The van der Waals surface area contributed by atoms with Gasteiger partial charge in [-0.1, -0.05) is 36.4 Å². The number of nitrogens with one attached hydrogen (secondary N) is 1. The first-order valence-electron chi connectivity index (χ1n) is 9.73. The van der Waals surface area contributed by atoms with Crippen LogP contribution in [0.5, 0.6) is 0 Å². The number of hydrogen-bond donors (Lipinski definition) is 1. The van der Waals surface area contributed by atoms with Crippen LogP contribution in [0.1, 0.15) is 34.2 Å². The van der Waals surface area contributed by atoms with Crippen molar-refractivity contribution in [3.63, 3.8) is 0 Å². The minimum absolute atomic E-state index is 0.281. The van der Waals surface area contributed by atoms with E-state index in [4.69, 9.17) is 0 Å². The molecule has 0 fully saturated rings. The van der Waals surface area contributed by atoms with Gasteiger partial charge in [-0.2, -0.15) is 5.10 Å². The number of hydrogen-bond acceptors (Lipinski definition) is 2. The lowest BCUT2D eigenvalue weighted by Gasteiger charge is -2.10. The molecule has 0 radical (unpaired) electrons. The van der Waals surface area contributed by atoms with Gasteiger partial charge in [-0.05, 0) is 73.5 Å². The number of benzene rings is 3. The topological polar surface area (TPSA) is 46.4 Å². The van der Waals surface area contributed by atoms with E-state index in [9.17, 15) is 9.18 Å². The number of halogens is 1. The maximum absolute atomic E-state index is 13.3. The van der Waals surface area contributed by atoms with Crippen LogP contribution in [0.2, 0.25) is 0 Å². The summed E-state index contributed by atoms with van der Waals surface area (Å²) in [5, 5.41) is 6.58. The Morgan fingerprint density at radius 3 is 2.37 bits per heavy atom. The zero-order valence-corrected chi connectivity index (χ0v) is 17.1. The monoisotopic (exact) mass is 399 g/mol. The van der Waals surface area contributed by atoms with Crippen molar-refractivity contribution in [2.45, 2.75) is 20.8 Å². The molecule has 0 aliphatic carbocycles. The highest BCUT2D eigenvalue weighted by molar-refractivity contribution is 6.03. The highest BCUT2D eigenvalue weighted by atomic mass is 19.1. The predicted octanol–water partition coefficient (Wildman–Crippen LogP) is 5.54. The molecule has 5 heteroatoms. The van der Waals surface area contributed by atoms with Crippen LogP contribution in [-0.4, -0.2) is 16.2 Å². The second-order valence-electron chi connectivity index (χ2n) is 7.30. The molecule has 0 unspecified atom stereocenters. The fourth-order valence-corrected chi connectivity index (χ4v) is 3.65. The smallest absolute Gasteiger partial charge is 0.273 e. The van der Waals surface area contributed by atoms with E-state index >= 15 is 0 Å². The van der Waals surface area contributed by atoms with Gasteiger partial charge in [-0.25, -0.2) is 9.82 Å². The summed E-state index contributed by atoms with van der Waals surface area (Å²) < 4.78 is 15.2. The largest absolute Gasteiger partial charge is 0.318 e. The molecule has 3 aromatic carbocycles. The van der Waals surface area contributed by atoms with E-state index in [1.807, 2.05) is 55.7 Å². The second kappa shape index (κ2) is 7.95. The molecular formula is C25H22FN3O. The quantitative estimate of drug-likeness (QED) is 0.355. The summed E-state index contributed by atoms with van der Waals surface area (Å²) in [6, 6.07) is 22.2. The Balaban J connectivity index is 1.57. The van der Waals surface area contributed by atoms with E-state index in [0.29, 0.717) is 5.56 Å². The number of nitrogens with zero attached hydrogens (tertiary/aromatic N) is 2. The molecule has 1 amide bonds. The van der Waals surface area contributed by atoms with Crippen molar-refractivity contribution in [3.05, 3.63) is 101 Å². The van der Waals surface area contributed by atoms with Crippen LogP contribution in [0.3, 0.4) is 0 Å². The number of hydrazone groups is 1. The van der Waals surface area contributed by atoms with E-state index in [1.54, 1.807) is 12.1 Å². The Kier molecular flexibility index (Phi) is 5.19. The Labute approximate surface area is 174 Å². The zero-order valence-electron chi connectivity index (χ0n) is 17.1. The molecule has 0 bridgehead atoms. The fourth-order valence-electron chi connectivity index (χ4n) is 3.65. The molecule has 0 aliphatic rings. The first-order chi connectivity index (χ1) is 14.4. The molecule has 4 nitrogen and oxygen atoms in total. The molecule has 0 aliphatic heterocycles. The number of aryl methyl sites for hydroxylation is 1. The second-order valence-corrected chi connectivity index (χ2v) is 7.30. The van der Waals surface area contributed by atoms with Gasteiger partial charge in [0.25, 0.3) is 5.91 Å². The van der Waals surface area contributed by atoms with Crippen molar-refractivity contribution in [3.8, 4) is 5.69 Å². The lowest BCUT2D eigenvalue weighted by Crippen LogP contribution is -2.20. The Hall–Kier alpha value is -3.73. The van der Waals surface area contributed by atoms with Gasteiger partial charge in [0.1, 0.15) is 5.82 Å². The van der Waals surface area contributed by atoms with Crippen molar-refractivity contribution in [2.24, 2.45) is 5.10 Å². The Morgan fingerprint density at radius 1 is 0.933 bits per heavy atom. The van der Waals surface area contributed by atoms with Gasteiger partial charge >= 0.3 is 0 Å². The summed E-state index contributed by atoms with van der Waals surface area (Å²) in [6.07, 6.45) is 0. The average molecular weight is 399 g/mol. The van der Waals surface area contributed by atoms with Gasteiger partial charge < -0.3 is 4.57 Å². The predicted molar refractivity (Wildman–Crippen MR) is 119 cm³/mol. The molecule has 0 atom stereocenters. The summed E-state index contributed by atoms with van der Waals surface area (Å²) >= 11 is 0. The first-order valence-corrected chi connectivity index (χ1v) is 9.73. The van der Waals surface area contributed by atoms with Gasteiger partial charge in [0.05, 0.1) is 11.3 Å². The van der Waals surface area contributed by atoms with Crippen molar-refractivity contribution < 1.29 is 9.18 Å². The maximum Gasteiger partial charge on any atom is 0.273 e. The molecule has 0 spiro atoms. The standard InChI is InChI=1S/C25H22FN3O/c1-16-14-24(18(3)29(16)23-12-10-22(26)11-13-23)25(30)28-27-17(2)20-9-8-19-6-4-5-7-21(19)15-20/h4-15H,1-3H3,(H,28,30)/b27-17-. The molecule has 1 aromatic heterocycles. The molecule has 30 heavy (non-hydrogen) atoms. The lowest BCUT2D eigenvalue weighted by molar-refractivity contribution is 0.0954. The van der Waals surface area contributed by atoms with Crippen molar-refractivity contribution in [1.29, 1.82) is 0 Å². The van der Waals surface area contributed by atoms with Crippen LogP contribution >= 0.6 is 0 Å². The third-order valence-corrected chi connectivity index (χ3v) is 5.25. The summed E-state index contributed by atoms with van der Waals surface area (Å²) in [5.74, 6) is -0.575. The van der Waals surface area contributed by atoms with Crippen molar-refractivity contribution >= 4 is 22.4 Å². The summed E-state index contributed by atoms with van der Waals surface area (Å²) in [6.45, 7) is 5.65. The molecule has 1 heterocycles. The van der Waals surface area contributed by atoms with E-state index in [2.05, 4.69) is 28.7 Å². The fraction of sp³-hybridized carbons (Fsp3) is 0.120. The van der Waals surface area contributed by atoms with Crippen LogP contribution in [0.4, 0.5) is 4.39 Å². The lowest BCUT2D eigenvalue weighted by atomic mass is 10.0. The van der Waals surface area contributed by atoms with Crippen LogP contribution in [0.25, 0.3) is 16.5 Å². The number of aromatic nitrogens is 1. The maximum atomic E-state index is 13.3. The van der Waals surface area contributed by atoms with Gasteiger partial charge in [-0.15, -0.1) is 0 Å². The number of fused-ring (bicyclic) bond motifs is 1. The molecule has 4 aromatic rings. The third-order valence-electron chi connectivity index (χ3n) is 5.25. The zero-order chi connectivity index (χ0) is 21.3. The van der Waals surface area contributed by atoms with Gasteiger partial charge in [0.2, 0.25) is 0 Å². The van der Waals surface area contributed by atoms with Crippen LogP contribution < -0.4 is 5.43 Å². The molecule has 4 rings (SSSR count). The van der Waals surface area contributed by atoms with Gasteiger partial charge in [-0.3, -0.25) is 4.79 Å². The molecule has 150 valence electrons. The molecule has 1 N–H and O–H groups in total. The third kappa shape index (κ3) is 3.74. The number of rotatable bonds is 4.